The summed E-state index contributed by atoms with van der Waals surface area (Å²) in [5, 5.41) is 5.04. The summed E-state index contributed by atoms with van der Waals surface area (Å²) < 4.78 is 22.3. The molecule has 4 heteroatoms. The van der Waals surface area contributed by atoms with Gasteiger partial charge in [0.05, 0.1) is 4.90 Å². The normalized spacial score (nSPS) is 10.7. The Balaban J connectivity index is 3.43. The van der Waals surface area contributed by atoms with E-state index in [2.05, 4.69) is 12.3 Å². The Morgan fingerprint density at radius 1 is 1.50 bits per heavy atom. The van der Waals surface area contributed by atoms with Gasteiger partial charge in [0.2, 0.25) is 10.0 Å². The summed E-state index contributed by atoms with van der Waals surface area (Å²) in [6.45, 7) is 5.10. The van der Waals surface area contributed by atoms with Crippen LogP contribution in [0.5, 0.6) is 0 Å². The Morgan fingerprint density at radius 3 is 2.64 bits per heavy atom. The van der Waals surface area contributed by atoms with E-state index in [9.17, 15) is 8.42 Å². The van der Waals surface area contributed by atoms with E-state index in [4.69, 9.17) is 5.14 Å². The van der Waals surface area contributed by atoms with Crippen molar-refractivity contribution in [1.82, 2.24) is 0 Å². The van der Waals surface area contributed by atoms with Crippen LogP contribution in [0.4, 0.5) is 0 Å². The van der Waals surface area contributed by atoms with E-state index in [0.29, 0.717) is 5.56 Å². The number of rotatable bonds is 2. The average Bonchev–Trinajstić information content (AvgIpc) is 2.07. The zero-order chi connectivity index (χ0) is 10.8. The molecule has 0 radical (unpaired) electrons. The van der Waals surface area contributed by atoms with Crippen LogP contribution < -0.4 is 5.14 Å². The molecule has 0 aromatic heterocycles. The molecule has 3 nitrogen and oxygen atoms in total. The highest BCUT2D eigenvalue weighted by molar-refractivity contribution is 7.89. The van der Waals surface area contributed by atoms with E-state index in [1.54, 1.807) is 25.1 Å². The molecule has 0 aliphatic carbocycles. The van der Waals surface area contributed by atoms with Gasteiger partial charge in [0, 0.05) is 0 Å². The minimum atomic E-state index is -3.64. The molecule has 74 valence electrons. The van der Waals surface area contributed by atoms with Crippen LogP contribution >= 0.6 is 0 Å². The molecule has 0 fully saturated rings. The summed E-state index contributed by atoms with van der Waals surface area (Å²) in [4.78, 5) is 0.140. The Labute approximate surface area is 83.6 Å². The molecule has 0 aliphatic rings. The molecule has 0 bridgehead atoms. The fourth-order valence-electron chi connectivity index (χ4n) is 1.13. The summed E-state index contributed by atoms with van der Waals surface area (Å²) in [6, 6.07) is 4.98. The minimum Gasteiger partial charge on any atom is -0.225 e. The van der Waals surface area contributed by atoms with Crippen molar-refractivity contribution in [1.29, 1.82) is 0 Å². The van der Waals surface area contributed by atoms with E-state index in [0.717, 1.165) is 5.56 Å². The molecule has 0 amide bonds. The molecular formula is C10H11NO2S. The number of aryl methyl sites for hydroxylation is 1. The molecule has 0 saturated carbocycles. The third-order valence-corrected chi connectivity index (χ3v) is 2.84. The second-order valence-electron chi connectivity index (χ2n) is 2.92. The van der Waals surface area contributed by atoms with Crippen LogP contribution in [0.25, 0.3) is 6.08 Å². The molecule has 0 spiro atoms. The van der Waals surface area contributed by atoms with Gasteiger partial charge in [0.1, 0.15) is 0 Å². The van der Waals surface area contributed by atoms with Gasteiger partial charge >= 0.3 is 0 Å². The van der Waals surface area contributed by atoms with E-state index < -0.39 is 10.0 Å². The smallest absolute Gasteiger partial charge is 0.225 e. The van der Waals surface area contributed by atoms with E-state index >= 15 is 0 Å². The molecule has 14 heavy (non-hydrogen) atoms. The monoisotopic (exact) mass is 209 g/mol. The number of hydrogen-bond donors (Lipinski definition) is 1. The largest absolute Gasteiger partial charge is 0.238 e. The van der Waals surface area contributed by atoms with Gasteiger partial charge in [-0.3, -0.25) is 0 Å². The predicted octanol–water partition coefficient (Wildman–Crippen LogP) is 1.44. The highest BCUT2D eigenvalue weighted by atomic mass is 32.2. The Bertz CT molecular complexity index is 497. The van der Waals surface area contributed by atoms with Crippen molar-refractivity contribution in [2.24, 2.45) is 5.14 Å². The van der Waals surface area contributed by atoms with Crippen LogP contribution in [0.1, 0.15) is 11.1 Å². The number of hydrogen-bond acceptors (Lipinski definition) is 2. The zero-order valence-corrected chi connectivity index (χ0v) is 8.64. The molecule has 0 heterocycles. The van der Waals surface area contributed by atoms with Gasteiger partial charge in [-0.05, 0) is 30.2 Å². The van der Waals surface area contributed by atoms with Crippen LogP contribution in [0.15, 0.2) is 35.4 Å². The van der Waals surface area contributed by atoms with Gasteiger partial charge in [0.15, 0.2) is 0 Å². The van der Waals surface area contributed by atoms with E-state index in [-0.39, 0.29) is 4.90 Å². The van der Waals surface area contributed by atoms with Crippen LogP contribution in [-0.2, 0) is 10.0 Å². The van der Waals surface area contributed by atoms with Gasteiger partial charge in [-0.25, -0.2) is 13.6 Å². The Kier molecular flexibility index (Phi) is 2.91. The van der Waals surface area contributed by atoms with Crippen molar-refractivity contribution >= 4 is 16.1 Å². The first-order chi connectivity index (χ1) is 6.45. The summed E-state index contributed by atoms with van der Waals surface area (Å²) in [6.07, 6.45) is 1.59. The standard InChI is InChI=1S/C10H11NO2S/c1-3-4-9-6-5-8(2)10(7-9)14(11,12)13/h4-7H,1H2,2H3,(H2,11,12,13). The molecule has 0 saturated heterocycles. The molecule has 1 rings (SSSR count). The molecule has 0 unspecified atom stereocenters. The van der Waals surface area contributed by atoms with E-state index in [1.807, 2.05) is 0 Å². The van der Waals surface area contributed by atoms with Gasteiger partial charge in [-0.1, -0.05) is 18.7 Å². The maximum atomic E-state index is 11.1. The highest BCUT2D eigenvalue weighted by Gasteiger charge is 2.10. The minimum absolute atomic E-state index is 0.140. The Morgan fingerprint density at radius 2 is 2.14 bits per heavy atom. The first-order valence-electron chi connectivity index (χ1n) is 3.94. The van der Waals surface area contributed by atoms with Crippen molar-refractivity contribution < 1.29 is 8.42 Å². The van der Waals surface area contributed by atoms with Gasteiger partial charge < -0.3 is 0 Å². The van der Waals surface area contributed by atoms with Crippen molar-refractivity contribution in [2.45, 2.75) is 11.8 Å². The lowest BCUT2D eigenvalue weighted by molar-refractivity contribution is 0.597. The van der Waals surface area contributed by atoms with Crippen LogP contribution in [0.3, 0.4) is 0 Å². The molecule has 0 atom stereocenters. The molecule has 2 N–H and O–H groups in total. The fourth-order valence-corrected chi connectivity index (χ4v) is 1.95. The van der Waals surface area contributed by atoms with Crippen LogP contribution in [0.2, 0.25) is 0 Å². The van der Waals surface area contributed by atoms with Crippen LogP contribution in [-0.4, -0.2) is 8.42 Å². The lowest BCUT2D eigenvalue weighted by atomic mass is 10.1. The number of benzene rings is 1. The van der Waals surface area contributed by atoms with Crippen LogP contribution in [0, 0.1) is 6.92 Å². The van der Waals surface area contributed by atoms with Gasteiger partial charge in [0.25, 0.3) is 0 Å². The first kappa shape index (κ1) is 10.7. The fraction of sp³-hybridized carbons (Fsp3) is 0.100. The first-order valence-corrected chi connectivity index (χ1v) is 5.49. The highest BCUT2D eigenvalue weighted by Crippen LogP contribution is 2.16. The molecule has 1 aromatic carbocycles. The summed E-state index contributed by atoms with van der Waals surface area (Å²) >= 11 is 0. The Hall–Kier alpha value is -1.35. The van der Waals surface area contributed by atoms with Gasteiger partial charge in [-0.15, -0.1) is 5.73 Å². The second kappa shape index (κ2) is 3.80. The zero-order valence-electron chi connectivity index (χ0n) is 7.82. The SMILES string of the molecule is C=C=Cc1ccc(C)c(S(N)(=O)=O)c1. The van der Waals surface area contributed by atoms with Crippen molar-refractivity contribution in [2.75, 3.05) is 0 Å². The molecular weight excluding hydrogens is 198 g/mol. The number of sulfonamides is 1. The third-order valence-electron chi connectivity index (χ3n) is 1.79. The number of nitrogens with two attached hydrogens (primary N) is 1. The van der Waals surface area contributed by atoms with Crippen molar-refractivity contribution in [3.05, 3.63) is 41.6 Å². The molecule has 1 aromatic rings. The van der Waals surface area contributed by atoms with E-state index in [1.165, 1.54) is 6.07 Å². The maximum absolute atomic E-state index is 11.1. The average molecular weight is 209 g/mol. The second-order valence-corrected chi connectivity index (χ2v) is 4.45. The summed E-state index contributed by atoms with van der Waals surface area (Å²) in [7, 11) is -3.64. The van der Waals surface area contributed by atoms with Crippen molar-refractivity contribution in [3.8, 4) is 0 Å². The third kappa shape index (κ3) is 2.33. The van der Waals surface area contributed by atoms with Crippen molar-refractivity contribution in [3.63, 3.8) is 0 Å². The maximum Gasteiger partial charge on any atom is 0.238 e. The summed E-state index contributed by atoms with van der Waals surface area (Å²) in [5.41, 5.74) is 3.92. The predicted molar refractivity (Wildman–Crippen MR) is 56.2 cm³/mol. The summed E-state index contributed by atoms with van der Waals surface area (Å²) in [5.74, 6) is 0. The molecule has 0 aliphatic heterocycles. The van der Waals surface area contributed by atoms with Gasteiger partial charge in [-0.2, -0.15) is 0 Å². The number of primary sulfonamides is 1. The lowest BCUT2D eigenvalue weighted by Gasteiger charge is -2.03. The topological polar surface area (TPSA) is 60.2 Å². The lowest BCUT2D eigenvalue weighted by Crippen LogP contribution is -2.13. The quantitative estimate of drug-likeness (QED) is 0.749.